The van der Waals surface area contributed by atoms with Gasteiger partial charge in [0.2, 0.25) is 11.8 Å². The average Bonchev–Trinajstić information content (AvgIpc) is 3.07. The third kappa shape index (κ3) is 9.88. The van der Waals surface area contributed by atoms with Gasteiger partial charge in [0.25, 0.3) is 0 Å². The fourth-order valence-corrected chi connectivity index (χ4v) is 3.67. The van der Waals surface area contributed by atoms with Crippen molar-refractivity contribution in [1.82, 2.24) is 19.7 Å². The summed E-state index contributed by atoms with van der Waals surface area (Å²) in [7, 11) is 1.81. The molecule has 0 bridgehead atoms. The van der Waals surface area contributed by atoms with E-state index in [0.717, 1.165) is 11.3 Å². The Balaban J connectivity index is 2.17. The summed E-state index contributed by atoms with van der Waals surface area (Å²) in [6.45, 7) is 12.4. The molecule has 1 aromatic heterocycles. The van der Waals surface area contributed by atoms with Gasteiger partial charge in [-0.2, -0.15) is 0 Å². The Bertz CT molecular complexity index is 995. The maximum absolute atomic E-state index is 13.2. The van der Waals surface area contributed by atoms with Gasteiger partial charge in [-0.05, 0) is 32.3 Å². The molecule has 0 spiro atoms. The molecule has 0 atom stereocenters. The van der Waals surface area contributed by atoms with Crippen LogP contribution in [0.3, 0.4) is 0 Å². The Labute approximate surface area is 208 Å². The SMILES string of the molecule is CC(=O)N(CCC(=O)N(CC(=O)OC(C)(C)C)Cc1c[n+](Cc2ccccc2)nn1C)CC(C)C. The van der Waals surface area contributed by atoms with Crippen LogP contribution in [0.15, 0.2) is 36.5 Å². The van der Waals surface area contributed by atoms with Crippen LogP contribution < -0.4 is 4.68 Å². The molecule has 9 nitrogen and oxygen atoms in total. The number of hydrogen-bond donors (Lipinski definition) is 0. The maximum Gasteiger partial charge on any atom is 0.326 e. The Hall–Kier alpha value is -3.23. The van der Waals surface area contributed by atoms with Gasteiger partial charge < -0.3 is 14.5 Å². The fourth-order valence-electron chi connectivity index (χ4n) is 3.67. The molecule has 0 N–H and O–H groups in total. The number of hydrogen-bond acceptors (Lipinski definition) is 5. The highest BCUT2D eigenvalue weighted by Gasteiger charge is 2.26. The van der Waals surface area contributed by atoms with E-state index in [1.54, 1.807) is 35.0 Å². The fraction of sp³-hybridized carbons (Fsp3) is 0.577. The third-order valence-corrected chi connectivity index (χ3v) is 5.22. The van der Waals surface area contributed by atoms with Crippen molar-refractivity contribution in [3.63, 3.8) is 0 Å². The molecule has 9 heteroatoms. The van der Waals surface area contributed by atoms with E-state index in [0.29, 0.717) is 25.6 Å². The van der Waals surface area contributed by atoms with Gasteiger partial charge >= 0.3 is 5.97 Å². The van der Waals surface area contributed by atoms with Gasteiger partial charge in [0.15, 0.2) is 11.9 Å². The first-order valence-corrected chi connectivity index (χ1v) is 12.1. The molecule has 0 fully saturated rings. The van der Waals surface area contributed by atoms with Crippen molar-refractivity contribution in [2.24, 2.45) is 13.0 Å². The minimum Gasteiger partial charge on any atom is -0.459 e. The van der Waals surface area contributed by atoms with Crippen molar-refractivity contribution in [3.05, 3.63) is 47.8 Å². The molecule has 0 saturated carbocycles. The lowest BCUT2D eigenvalue weighted by atomic mass is 10.2. The normalized spacial score (nSPS) is 11.4. The number of carbonyl (C=O) groups is 3. The number of esters is 1. The van der Waals surface area contributed by atoms with Crippen molar-refractivity contribution in [3.8, 4) is 0 Å². The van der Waals surface area contributed by atoms with E-state index in [-0.39, 0.29) is 31.3 Å². The number of nitrogens with zero attached hydrogens (tertiary/aromatic N) is 5. The molecule has 0 unspecified atom stereocenters. The highest BCUT2D eigenvalue weighted by Crippen LogP contribution is 2.11. The van der Waals surface area contributed by atoms with Crippen molar-refractivity contribution in [2.45, 2.75) is 66.7 Å². The minimum absolute atomic E-state index is 0.0706. The highest BCUT2D eigenvalue weighted by molar-refractivity contribution is 5.83. The molecular weight excluding hydrogens is 446 g/mol. The number of aryl methyl sites for hydroxylation is 1. The number of benzene rings is 1. The lowest BCUT2D eigenvalue weighted by Gasteiger charge is -2.26. The topological polar surface area (TPSA) is 88.6 Å². The summed E-state index contributed by atoms with van der Waals surface area (Å²) >= 11 is 0. The largest absolute Gasteiger partial charge is 0.459 e. The summed E-state index contributed by atoms with van der Waals surface area (Å²) in [5, 5.41) is 4.51. The average molecular weight is 487 g/mol. The zero-order valence-electron chi connectivity index (χ0n) is 22.2. The van der Waals surface area contributed by atoms with Crippen molar-refractivity contribution < 1.29 is 23.8 Å². The Kier molecular flexibility index (Phi) is 9.98. The summed E-state index contributed by atoms with van der Waals surface area (Å²) < 4.78 is 8.98. The van der Waals surface area contributed by atoms with Crippen molar-refractivity contribution in [2.75, 3.05) is 19.6 Å². The van der Waals surface area contributed by atoms with E-state index < -0.39 is 11.6 Å². The Morgan fingerprint density at radius 2 is 1.77 bits per heavy atom. The van der Waals surface area contributed by atoms with Crippen LogP contribution in [0.25, 0.3) is 0 Å². The summed E-state index contributed by atoms with van der Waals surface area (Å²) in [5.41, 5.74) is 1.24. The van der Waals surface area contributed by atoms with Crippen LogP contribution >= 0.6 is 0 Å². The standard InChI is InChI=1S/C26H40N5O4/c1-20(2)15-29(21(3)32)14-13-24(33)30(19-25(34)35-26(4,5)6)17-23-18-31(27-28(23)7)16-22-11-9-8-10-12-22/h8-12,18,20H,13-17,19H2,1-7H3/q+1. The number of rotatable bonds is 11. The molecule has 0 saturated heterocycles. The van der Waals surface area contributed by atoms with E-state index in [2.05, 4.69) is 5.21 Å². The van der Waals surface area contributed by atoms with Gasteiger partial charge in [-0.3, -0.25) is 14.4 Å². The molecule has 2 rings (SSSR count). The second kappa shape index (κ2) is 12.5. The van der Waals surface area contributed by atoms with Crippen LogP contribution in [0.2, 0.25) is 0 Å². The highest BCUT2D eigenvalue weighted by atomic mass is 16.6. The maximum atomic E-state index is 13.2. The van der Waals surface area contributed by atoms with E-state index >= 15 is 0 Å². The van der Waals surface area contributed by atoms with Crippen LogP contribution in [0.1, 0.15) is 59.2 Å². The molecule has 1 heterocycles. The number of amides is 2. The second-order valence-electron chi connectivity index (χ2n) is 10.3. The molecule has 0 aliphatic carbocycles. The van der Waals surface area contributed by atoms with Gasteiger partial charge in [0.1, 0.15) is 25.7 Å². The van der Waals surface area contributed by atoms with Crippen LogP contribution in [-0.2, 0) is 39.3 Å². The quantitative estimate of drug-likeness (QED) is 0.359. The minimum atomic E-state index is -0.653. The second-order valence-corrected chi connectivity index (χ2v) is 10.3. The molecule has 0 aliphatic rings. The first-order valence-electron chi connectivity index (χ1n) is 12.1. The molecule has 0 radical (unpaired) electrons. The number of carbonyl (C=O) groups excluding carboxylic acids is 3. The van der Waals surface area contributed by atoms with E-state index in [1.807, 2.05) is 57.4 Å². The molecule has 192 valence electrons. The summed E-state index contributed by atoms with van der Waals surface area (Å²) in [6.07, 6.45) is 2.00. The first kappa shape index (κ1) is 28.0. The lowest BCUT2D eigenvalue weighted by Crippen LogP contribution is -2.41. The molecule has 2 aromatic rings. The van der Waals surface area contributed by atoms with E-state index in [1.165, 1.54) is 11.8 Å². The summed E-state index contributed by atoms with van der Waals surface area (Å²) in [6, 6.07) is 9.97. The number of aromatic nitrogens is 3. The molecular formula is C26H40N5O4+. The predicted molar refractivity (Wildman–Crippen MR) is 132 cm³/mol. The Morgan fingerprint density at radius 1 is 1.11 bits per heavy atom. The third-order valence-electron chi connectivity index (χ3n) is 5.22. The number of ether oxygens (including phenoxy) is 1. The first-order chi connectivity index (χ1) is 16.3. The molecule has 0 aliphatic heterocycles. The van der Waals surface area contributed by atoms with Crippen LogP contribution in [0.5, 0.6) is 0 Å². The van der Waals surface area contributed by atoms with Crippen molar-refractivity contribution >= 4 is 17.8 Å². The van der Waals surface area contributed by atoms with E-state index in [4.69, 9.17) is 4.74 Å². The zero-order valence-corrected chi connectivity index (χ0v) is 22.2. The van der Waals surface area contributed by atoms with Crippen molar-refractivity contribution in [1.29, 1.82) is 0 Å². The van der Waals surface area contributed by atoms with Crippen LogP contribution in [0, 0.1) is 5.92 Å². The molecule has 1 aromatic carbocycles. The summed E-state index contributed by atoms with van der Waals surface area (Å²) in [5.74, 6) is -0.474. The van der Waals surface area contributed by atoms with Crippen LogP contribution in [0.4, 0.5) is 0 Å². The molecule has 2 amide bonds. The van der Waals surface area contributed by atoms with Gasteiger partial charge in [0, 0.05) is 26.4 Å². The predicted octanol–water partition coefficient (Wildman–Crippen LogP) is 2.32. The van der Waals surface area contributed by atoms with Gasteiger partial charge in [-0.15, -0.1) is 9.36 Å². The van der Waals surface area contributed by atoms with Gasteiger partial charge in [-0.25, -0.2) is 0 Å². The lowest BCUT2D eigenvalue weighted by molar-refractivity contribution is -0.747. The zero-order chi connectivity index (χ0) is 26.2. The van der Waals surface area contributed by atoms with Crippen LogP contribution in [-0.4, -0.2) is 62.7 Å². The Morgan fingerprint density at radius 3 is 2.34 bits per heavy atom. The molecule has 35 heavy (non-hydrogen) atoms. The van der Waals surface area contributed by atoms with Gasteiger partial charge in [0.05, 0.1) is 11.8 Å². The smallest absolute Gasteiger partial charge is 0.326 e. The monoisotopic (exact) mass is 486 g/mol. The van der Waals surface area contributed by atoms with E-state index in [9.17, 15) is 14.4 Å². The van der Waals surface area contributed by atoms with Gasteiger partial charge in [-0.1, -0.05) is 44.2 Å². The summed E-state index contributed by atoms with van der Waals surface area (Å²) in [4.78, 5) is 40.9.